The molecule has 1 amide bonds. The summed E-state index contributed by atoms with van der Waals surface area (Å²) < 4.78 is 10.5. The van der Waals surface area contributed by atoms with Crippen LogP contribution in [0.5, 0.6) is 11.5 Å². The topological polar surface area (TPSA) is 74.7 Å². The maximum atomic E-state index is 13.9. The Hall–Kier alpha value is -3.51. The summed E-state index contributed by atoms with van der Waals surface area (Å²) in [6, 6.07) is 21.8. The number of rotatable bonds is 6. The fourth-order valence-corrected chi connectivity index (χ4v) is 4.02. The fourth-order valence-electron chi connectivity index (χ4n) is 3.81. The molecule has 158 valence electrons. The van der Waals surface area contributed by atoms with Crippen molar-refractivity contribution in [2.24, 2.45) is 0 Å². The van der Waals surface area contributed by atoms with Gasteiger partial charge in [0.2, 0.25) is 0 Å². The van der Waals surface area contributed by atoms with E-state index in [1.165, 1.54) is 4.90 Å². The van der Waals surface area contributed by atoms with Crippen molar-refractivity contribution in [3.63, 3.8) is 0 Å². The Labute approximate surface area is 185 Å². The summed E-state index contributed by atoms with van der Waals surface area (Å²) in [7, 11) is 3.19. The van der Waals surface area contributed by atoms with Crippen molar-refractivity contribution in [1.82, 2.24) is 10.2 Å². The van der Waals surface area contributed by atoms with E-state index < -0.39 is 5.54 Å². The second-order valence-electron chi connectivity index (χ2n) is 7.20. The highest BCUT2D eigenvalue weighted by Crippen LogP contribution is 2.38. The highest BCUT2D eigenvalue weighted by Gasteiger charge is 2.52. The van der Waals surface area contributed by atoms with Crippen LogP contribution < -0.4 is 14.8 Å². The van der Waals surface area contributed by atoms with E-state index in [-0.39, 0.29) is 18.4 Å². The number of hydrogen-bond acceptors (Lipinski definition) is 4. The molecular weight excluding hydrogens is 414 g/mol. The minimum absolute atomic E-state index is 0.0246. The molecule has 3 aromatic rings. The van der Waals surface area contributed by atoms with Crippen LogP contribution in [0.25, 0.3) is 0 Å². The molecule has 31 heavy (non-hydrogen) atoms. The van der Waals surface area contributed by atoms with Gasteiger partial charge in [-0.1, -0.05) is 48.0 Å². The van der Waals surface area contributed by atoms with E-state index in [2.05, 4.69) is 5.32 Å². The maximum Gasteiger partial charge on any atom is 0.264 e. The lowest BCUT2D eigenvalue weighted by molar-refractivity contribution is -0.130. The maximum absolute atomic E-state index is 13.9. The number of methoxy groups -OCH3 is 2. The smallest absolute Gasteiger partial charge is 0.264 e. The van der Waals surface area contributed by atoms with E-state index in [0.717, 1.165) is 5.56 Å². The number of amides is 1. The minimum atomic E-state index is -1.24. The summed E-state index contributed by atoms with van der Waals surface area (Å²) in [5.41, 5.74) is 1.02. The quantitative estimate of drug-likeness (QED) is 0.609. The molecule has 0 saturated carbocycles. The number of nitrogens with one attached hydrogen (secondary N) is 2. The van der Waals surface area contributed by atoms with Crippen LogP contribution in [0.1, 0.15) is 16.7 Å². The molecule has 3 aromatic carbocycles. The lowest BCUT2D eigenvalue weighted by Gasteiger charge is -2.28. The molecule has 4 rings (SSSR count). The van der Waals surface area contributed by atoms with Gasteiger partial charge in [0.05, 0.1) is 20.8 Å². The van der Waals surface area contributed by atoms with Crippen LogP contribution in [0.4, 0.5) is 0 Å². The zero-order valence-corrected chi connectivity index (χ0v) is 17.9. The first-order valence-corrected chi connectivity index (χ1v) is 10.1. The molecule has 1 saturated heterocycles. The molecule has 7 heteroatoms. The van der Waals surface area contributed by atoms with Crippen molar-refractivity contribution in [2.45, 2.75) is 12.1 Å². The molecule has 0 radical (unpaired) electrons. The number of ether oxygens (including phenoxy) is 2. The molecule has 6 nitrogen and oxygen atoms in total. The van der Waals surface area contributed by atoms with Crippen LogP contribution in [-0.2, 0) is 16.9 Å². The standard InChI is InChI=1S/C24H22ClN3O3/c1-30-20-10-6-17(7-11-20)24(18-8-12-21(31-2)13-9-18)22(29)28(23(26)27-24)15-16-4-3-5-19(25)14-16/h3-14H,15H2,1-2H3,(H2,26,27). The third-order valence-electron chi connectivity index (χ3n) is 5.42. The molecule has 0 bridgehead atoms. The van der Waals surface area contributed by atoms with Crippen LogP contribution >= 0.6 is 11.6 Å². The minimum Gasteiger partial charge on any atom is -0.497 e. The largest absolute Gasteiger partial charge is 0.497 e. The van der Waals surface area contributed by atoms with Crippen molar-refractivity contribution in [3.05, 3.63) is 94.5 Å². The first-order chi connectivity index (χ1) is 15.0. The SMILES string of the molecule is COc1ccc(C2(c3ccc(OC)cc3)NC(=N)N(Cc3cccc(Cl)c3)C2=O)cc1. The highest BCUT2D eigenvalue weighted by molar-refractivity contribution is 6.30. The molecular formula is C24H22ClN3O3. The van der Waals surface area contributed by atoms with Gasteiger partial charge < -0.3 is 14.8 Å². The van der Waals surface area contributed by atoms with E-state index in [9.17, 15) is 4.79 Å². The van der Waals surface area contributed by atoms with E-state index in [4.69, 9.17) is 26.5 Å². The molecule has 1 fully saturated rings. The molecule has 0 unspecified atom stereocenters. The van der Waals surface area contributed by atoms with E-state index >= 15 is 0 Å². The Kier molecular flexibility index (Phi) is 5.57. The molecule has 2 N–H and O–H groups in total. The zero-order valence-electron chi connectivity index (χ0n) is 17.2. The van der Waals surface area contributed by atoms with Crippen LogP contribution in [0.15, 0.2) is 72.8 Å². The number of carbonyl (C=O) groups is 1. The van der Waals surface area contributed by atoms with Gasteiger partial charge in [-0.15, -0.1) is 0 Å². The summed E-state index contributed by atoms with van der Waals surface area (Å²) in [6.07, 6.45) is 0. The summed E-state index contributed by atoms with van der Waals surface area (Å²) in [5.74, 6) is 1.15. The number of hydrogen-bond donors (Lipinski definition) is 2. The molecule has 1 aliphatic heterocycles. The first kappa shape index (κ1) is 20.8. The van der Waals surface area contributed by atoms with Crippen LogP contribution in [-0.4, -0.2) is 31.0 Å². The summed E-state index contributed by atoms with van der Waals surface area (Å²) in [6.45, 7) is 0.235. The van der Waals surface area contributed by atoms with Crippen molar-refractivity contribution in [1.29, 1.82) is 5.41 Å². The van der Waals surface area contributed by atoms with Gasteiger partial charge in [0, 0.05) is 5.02 Å². The van der Waals surface area contributed by atoms with Crippen molar-refractivity contribution >= 4 is 23.5 Å². The number of nitrogens with zero attached hydrogens (tertiary/aromatic N) is 1. The van der Waals surface area contributed by atoms with Crippen LogP contribution in [0.3, 0.4) is 0 Å². The Bertz CT molecular complexity index is 1070. The highest BCUT2D eigenvalue weighted by atomic mass is 35.5. The molecule has 0 spiro atoms. The average Bonchev–Trinajstić information content (AvgIpc) is 3.05. The van der Waals surface area contributed by atoms with Gasteiger partial charge in [-0.2, -0.15) is 0 Å². The Morgan fingerprint density at radius 3 is 1.97 bits per heavy atom. The predicted molar refractivity (Wildman–Crippen MR) is 120 cm³/mol. The monoisotopic (exact) mass is 435 g/mol. The third-order valence-corrected chi connectivity index (χ3v) is 5.65. The Balaban J connectivity index is 1.80. The second kappa shape index (κ2) is 8.32. The Morgan fingerprint density at radius 1 is 0.935 bits per heavy atom. The molecule has 0 aliphatic carbocycles. The van der Waals surface area contributed by atoms with Crippen molar-refractivity contribution in [3.8, 4) is 11.5 Å². The molecule has 1 heterocycles. The van der Waals surface area contributed by atoms with E-state index in [0.29, 0.717) is 27.6 Å². The number of carbonyl (C=O) groups excluding carboxylic acids is 1. The van der Waals surface area contributed by atoms with Gasteiger partial charge in [-0.25, -0.2) is 0 Å². The van der Waals surface area contributed by atoms with Gasteiger partial charge >= 0.3 is 0 Å². The van der Waals surface area contributed by atoms with Crippen molar-refractivity contribution < 1.29 is 14.3 Å². The second-order valence-corrected chi connectivity index (χ2v) is 7.64. The number of halogens is 1. The third kappa shape index (κ3) is 3.70. The van der Waals surface area contributed by atoms with Crippen LogP contribution in [0.2, 0.25) is 5.02 Å². The Morgan fingerprint density at radius 2 is 1.48 bits per heavy atom. The van der Waals surface area contributed by atoms with Gasteiger partial charge in [0.25, 0.3) is 5.91 Å². The zero-order chi connectivity index (χ0) is 22.0. The van der Waals surface area contributed by atoms with Crippen LogP contribution in [0, 0.1) is 5.41 Å². The fraction of sp³-hybridized carbons (Fsp3) is 0.167. The van der Waals surface area contributed by atoms with E-state index in [1.54, 1.807) is 50.6 Å². The van der Waals surface area contributed by atoms with Gasteiger partial charge in [0.1, 0.15) is 11.5 Å². The van der Waals surface area contributed by atoms with Gasteiger partial charge in [-0.05, 0) is 53.1 Å². The van der Waals surface area contributed by atoms with Crippen molar-refractivity contribution in [2.75, 3.05) is 14.2 Å². The predicted octanol–water partition coefficient (Wildman–Crippen LogP) is 4.17. The van der Waals surface area contributed by atoms with E-state index in [1.807, 2.05) is 36.4 Å². The first-order valence-electron chi connectivity index (χ1n) is 9.70. The molecule has 1 aliphatic rings. The molecule has 0 atom stereocenters. The normalized spacial score (nSPS) is 15.0. The average molecular weight is 436 g/mol. The summed E-state index contributed by atoms with van der Waals surface area (Å²) in [4.78, 5) is 15.3. The molecule has 0 aromatic heterocycles. The lowest BCUT2D eigenvalue weighted by Crippen LogP contribution is -2.45. The summed E-state index contributed by atoms with van der Waals surface area (Å²) >= 11 is 6.11. The number of guanidine groups is 1. The number of benzene rings is 3. The summed E-state index contributed by atoms with van der Waals surface area (Å²) in [5, 5.41) is 12.3. The lowest BCUT2D eigenvalue weighted by atomic mass is 9.82. The van der Waals surface area contributed by atoms with Gasteiger partial charge in [0.15, 0.2) is 11.5 Å². The van der Waals surface area contributed by atoms with Gasteiger partial charge in [-0.3, -0.25) is 15.1 Å².